The van der Waals surface area contributed by atoms with Crippen molar-refractivity contribution in [3.63, 3.8) is 0 Å². The summed E-state index contributed by atoms with van der Waals surface area (Å²) in [7, 11) is 0. The molecular weight excluding hydrogens is 1420 g/mol. The average molecular weight is 1480 g/mol. The summed E-state index contributed by atoms with van der Waals surface area (Å²) in [5, 5.41) is 17.5. The molecule has 0 saturated heterocycles. The number of hydrogen-bond donors (Lipinski definition) is 0. The lowest BCUT2D eigenvalue weighted by atomic mass is 9.95. The Bertz CT molecular complexity index is 8030. The molecule has 12 aromatic heterocycles. The number of rotatable bonds is 8. The molecule has 116 heavy (non-hydrogen) atoms. The Morgan fingerprint density at radius 3 is 0.733 bits per heavy atom. The third-order valence-electron chi connectivity index (χ3n) is 22.6. The van der Waals surface area contributed by atoms with E-state index in [-0.39, 0.29) is 0 Å². The van der Waals surface area contributed by atoms with Crippen LogP contribution in [0.5, 0.6) is 0 Å². The standard InChI is InChI=1S/2C52H30N6/c1-3-31-5-7-33-13-19-46(57-51(33)49(31)53-25-1)40-12-10-35-27-39(11-9-36(35)28-40)44-22-17-41-29-37(15-20-43(41)55-44)38-16-21-45-42(30-38)18-24-47(56-45)48-23-14-34-8-6-32-4-2-26-54-50(32)52(34)58-48;1-2-8-40-39(7-1)41(19-20-42(40)46-23-13-33-11-9-31-5-3-27-53-49(31)51(33)57-46)45-24-17-37-29-35(15-21-43(37)55-45)36-16-22-44-38(30-36)18-26-47(56-44)48-25-14-34-12-10-32-6-4-28-54-50(32)52(34)58-48/h2*1-30H. The van der Waals surface area contributed by atoms with Gasteiger partial charge in [-0.1, -0.05) is 206 Å². The second kappa shape index (κ2) is 26.9. The van der Waals surface area contributed by atoms with Gasteiger partial charge in [0.25, 0.3) is 0 Å². The van der Waals surface area contributed by atoms with Crippen molar-refractivity contribution >= 4 is 152 Å². The van der Waals surface area contributed by atoms with Crippen molar-refractivity contribution in [2.24, 2.45) is 0 Å². The average Bonchev–Trinajstić information content (AvgIpc) is 0.757. The molecule has 24 rings (SSSR count). The lowest BCUT2D eigenvalue weighted by Gasteiger charge is -2.13. The molecule has 0 atom stereocenters. The maximum atomic E-state index is 5.19. The van der Waals surface area contributed by atoms with Gasteiger partial charge < -0.3 is 0 Å². The summed E-state index contributed by atoms with van der Waals surface area (Å²) in [6, 6.07) is 118. The molecule has 24 aromatic rings. The molecule has 12 heterocycles. The Kier molecular flexibility index (Phi) is 15.3. The van der Waals surface area contributed by atoms with Gasteiger partial charge in [0, 0.05) is 112 Å². The molecule has 536 valence electrons. The maximum Gasteiger partial charge on any atom is 0.0972 e. The Hall–Kier alpha value is -15.9. The molecule has 0 radical (unpaired) electrons. The van der Waals surface area contributed by atoms with E-state index in [1.165, 1.54) is 0 Å². The minimum absolute atomic E-state index is 0.829. The predicted molar refractivity (Wildman–Crippen MR) is 475 cm³/mol. The van der Waals surface area contributed by atoms with E-state index in [1.807, 2.05) is 61.2 Å². The minimum atomic E-state index is 0.829. The molecule has 12 aromatic carbocycles. The van der Waals surface area contributed by atoms with E-state index in [2.05, 4.69) is 323 Å². The summed E-state index contributed by atoms with van der Waals surface area (Å²) in [5.74, 6) is 0. The molecule has 0 unspecified atom stereocenters. The van der Waals surface area contributed by atoms with Gasteiger partial charge >= 0.3 is 0 Å². The van der Waals surface area contributed by atoms with Gasteiger partial charge in [-0.05, 0) is 177 Å². The van der Waals surface area contributed by atoms with Crippen LogP contribution in [0.4, 0.5) is 0 Å². The molecule has 12 heteroatoms. The van der Waals surface area contributed by atoms with E-state index in [9.17, 15) is 0 Å². The van der Waals surface area contributed by atoms with Crippen LogP contribution < -0.4 is 0 Å². The first kappa shape index (κ1) is 65.9. The summed E-state index contributed by atoms with van der Waals surface area (Å²) in [4.78, 5) is 59.1. The van der Waals surface area contributed by atoms with Gasteiger partial charge in [-0.15, -0.1) is 0 Å². The quantitative estimate of drug-likeness (QED) is 0.133. The van der Waals surface area contributed by atoms with Crippen molar-refractivity contribution in [2.75, 3.05) is 0 Å². The predicted octanol–water partition coefficient (Wildman–Crippen LogP) is 25.6. The van der Waals surface area contributed by atoms with E-state index >= 15 is 0 Å². The van der Waals surface area contributed by atoms with E-state index in [1.54, 1.807) is 0 Å². The van der Waals surface area contributed by atoms with Gasteiger partial charge in [-0.3, -0.25) is 19.9 Å². The molecule has 0 aliphatic heterocycles. The highest BCUT2D eigenvalue weighted by molar-refractivity contribution is 6.10. The zero-order chi connectivity index (χ0) is 76.3. The molecule has 0 aliphatic rings. The van der Waals surface area contributed by atoms with Gasteiger partial charge in [-0.25, -0.2) is 39.9 Å². The molecule has 0 N–H and O–H groups in total. The first-order chi connectivity index (χ1) is 57.4. The monoisotopic (exact) mass is 1480 g/mol. The summed E-state index contributed by atoms with van der Waals surface area (Å²) in [5.41, 5.74) is 26.9. The largest absolute Gasteiger partial charge is 0.254 e. The number of hydrogen-bond acceptors (Lipinski definition) is 12. The molecule has 0 spiro atoms. The van der Waals surface area contributed by atoms with E-state index in [4.69, 9.17) is 39.9 Å². The molecule has 0 aliphatic carbocycles. The number of fused-ring (bicyclic) bond motifs is 18. The normalized spacial score (nSPS) is 11.8. The van der Waals surface area contributed by atoms with Crippen molar-refractivity contribution in [1.82, 2.24) is 59.8 Å². The van der Waals surface area contributed by atoms with Crippen LogP contribution in [0, 0.1) is 0 Å². The fourth-order valence-corrected chi connectivity index (χ4v) is 16.6. The molecule has 0 saturated carbocycles. The summed E-state index contributed by atoms with van der Waals surface area (Å²) >= 11 is 0. The third kappa shape index (κ3) is 11.6. The molecular formula is C104H60N12. The first-order valence-electron chi connectivity index (χ1n) is 38.7. The second-order valence-electron chi connectivity index (χ2n) is 29.5. The van der Waals surface area contributed by atoms with E-state index < -0.39 is 0 Å². The highest BCUT2D eigenvalue weighted by Crippen LogP contribution is 2.40. The first-order valence-corrected chi connectivity index (χ1v) is 38.7. The third-order valence-corrected chi connectivity index (χ3v) is 22.6. The zero-order valence-corrected chi connectivity index (χ0v) is 62.0. The van der Waals surface area contributed by atoms with Crippen LogP contribution in [0.15, 0.2) is 365 Å². The molecule has 0 amide bonds. The van der Waals surface area contributed by atoms with Crippen molar-refractivity contribution in [2.45, 2.75) is 0 Å². The Morgan fingerprint density at radius 2 is 0.371 bits per heavy atom. The minimum Gasteiger partial charge on any atom is -0.254 e. The van der Waals surface area contributed by atoms with Gasteiger partial charge in [0.1, 0.15) is 0 Å². The molecule has 0 bridgehead atoms. The topological polar surface area (TPSA) is 155 Å². The maximum absolute atomic E-state index is 5.19. The smallest absolute Gasteiger partial charge is 0.0972 e. The number of pyridine rings is 12. The lowest BCUT2D eigenvalue weighted by molar-refractivity contribution is 1.31. The summed E-state index contributed by atoms with van der Waals surface area (Å²) in [6.07, 6.45) is 7.30. The highest BCUT2D eigenvalue weighted by Gasteiger charge is 2.18. The van der Waals surface area contributed by atoms with Crippen LogP contribution in [-0.4, -0.2) is 59.8 Å². The van der Waals surface area contributed by atoms with Crippen molar-refractivity contribution in [3.8, 4) is 90.1 Å². The van der Waals surface area contributed by atoms with Crippen LogP contribution in [0.25, 0.3) is 242 Å². The van der Waals surface area contributed by atoms with Gasteiger partial charge in [0.2, 0.25) is 0 Å². The Morgan fingerprint density at radius 1 is 0.138 bits per heavy atom. The van der Waals surface area contributed by atoms with Crippen molar-refractivity contribution in [1.29, 1.82) is 0 Å². The zero-order valence-electron chi connectivity index (χ0n) is 62.0. The molecule has 12 nitrogen and oxygen atoms in total. The van der Waals surface area contributed by atoms with Gasteiger partial charge in [0.15, 0.2) is 0 Å². The number of nitrogens with zero attached hydrogens (tertiary/aromatic N) is 12. The van der Waals surface area contributed by atoms with E-state index in [0.29, 0.717) is 0 Å². The second-order valence-corrected chi connectivity index (χ2v) is 29.5. The van der Waals surface area contributed by atoms with Gasteiger partial charge in [0.05, 0.1) is 112 Å². The SMILES string of the molecule is c1cnc2c(c1)ccc1ccc(-c3ccc4cc(-c5ccc6cc(-c7ccc8nc(-c9ccc%10ccc%11cccnc%11c%10n9)ccc8c7)ccc6n5)ccc4c3)nc12.c1cnc2c(c1)ccc1ccc(-c3ccc4cc(-c5ccc6nc(-c7ccc(-c8ccc9ccc%10cccnc%10c9n8)c8ccccc78)ccc6c5)ccc4n3)nc12. The van der Waals surface area contributed by atoms with Crippen LogP contribution in [0.3, 0.4) is 0 Å². The Labute approximate surface area is 662 Å². The lowest BCUT2D eigenvalue weighted by Crippen LogP contribution is -1.92. The van der Waals surface area contributed by atoms with Crippen LogP contribution in [-0.2, 0) is 0 Å². The number of benzene rings is 12. The molecule has 0 fully saturated rings. The fraction of sp³-hybridized carbons (Fsp3) is 0. The van der Waals surface area contributed by atoms with Crippen LogP contribution >= 0.6 is 0 Å². The van der Waals surface area contributed by atoms with Crippen molar-refractivity contribution < 1.29 is 0 Å². The Balaban J connectivity index is 0.000000137. The van der Waals surface area contributed by atoms with E-state index in [0.717, 1.165) is 242 Å². The van der Waals surface area contributed by atoms with Gasteiger partial charge in [-0.2, -0.15) is 0 Å². The van der Waals surface area contributed by atoms with Crippen LogP contribution in [0.1, 0.15) is 0 Å². The highest BCUT2D eigenvalue weighted by atomic mass is 14.8. The summed E-state index contributed by atoms with van der Waals surface area (Å²) < 4.78 is 0. The number of aromatic nitrogens is 12. The fourth-order valence-electron chi connectivity index (χ4n) is 16.6. The summed E-state index contributed by atoms with van der Waals surface area (Å²) in [6.45, 7) is 0. The van der Waals surface area contributed by atoms with Crippen molar-refractivity contribution in [3.05, 3.63) is 365 Å². The van der Waals surface area contributed by atoms with Crippen LogP contribution in [0.2, 0.25) is 0 Å².